The van der Waals surface area contributed by atoms with Gasteiger partial charge in [-0.1, -0.05) is 13.0 Å². The number of carboxylic acid groups (broad SMARTS) is 1. The number of carboxylic acids is 1. The standard InChI is InChI=1S/C13H16N2O5S/c1-2-21(19,20)9-8-15-13(18)12-10(4-3-7-14-12)5-6-11(16)17/h3-7H,2,8-9H2,1H3,(H,15,18)(H,16,17)/b6-5+. The van der Waals surface area contributed by atoms with E-state index in [0.29, 0.717) is 5.56 Å². The van der Waals surface area contributed by atoms with Crippen LogP contribution in [0.1, 0.15) is 23.0 Å². The van der Waals surface area contributed by atoms with E-state index >= 15 is 0 Å². The van der Waals surface area contributed by atoms with E-state index in [0.717, 1.165) is 6.08 Å². The Morgan fingerprint density at radius 3 is 2.76 bits per heavy atom. The molecule has 0 saturated heterocycles. The molecule has 1 rings (SSSR count). The van der Waals surface area contributed by atoms with Crippen molar-refractivity contribution in [2.24, 2.45) is 0 Å². The van der Waals surface area contributed by atoms with Gasteiger partial charge >= 0.3 is 5.97 Å². The number of sulfone groups is 1. The first-order valence-corrected chi connectivity index (χ1v) is 8.02. The third-order valence-corrected chi connectivity index (χ3v) is 4.30. The van der Waals surface area contributed by atoms with Crippen LogP contribution < -0.4 is 5.32 Å². The van der Waals surface area contributed by atoms with E-state index < -0.39 is 21.7 Å². The molecule has 0 fully saturated rings. The molecule has 0 unspecified atom stereocenters. The van der Waals surface area contributed by atoms with Crippen molar-refractivity contribution >= 4 is 27.8 Å². The minimum atomic E-state index is -3.16. The van der Waals surface area contributed by atoms with Crippen molar-refractivity contribution in [2.75, 3.05) is 18.1 Å². The van der Waals surface area contributed by atoms with Gasteiger partial charge in [-0.15, -0.1) is 0 Å². The summed E-state index contributed by atoms with van der Waals surface area (Å²) in [5.41, 5.74) is 0.389. The van der Waals surface area contributed by atoms with Crippen LogP contribution in [0.3, 0.4) is 0 Å². The molecule has 1 aromatic heterocycles. The van der Waals surface area contributed by atoms with E-state index in [1.807, 2.05) is 0 Å². The number of aliphatic carboxylic acids is 1. The second kappa shape index (κ2) is 7.53. The van der Waals surface area contributed by atoms with Crippen LogP contribution in [0.5, 0.6) is 0 Å². The van der Waals surface area contributed by atoms with Crippen molar-refractivity contribution in [1.82, 2.24) is 10.3 Å². The summed E-state index contributed by atoms with van der Waals surface area (Å²) >= 11 is 0. The van der Waals surface area contributed by atoms with Gasteiger partial charge in [-0.2, -0.15) is 0 Å². The molecule has 21 heavy (non-hydrogen) atoms. The third kappa shape index (κ3) is 5.74. The first kappa shape index (κ1) is 16.8. The lowest BCUT2D eigenvalue weighted by molar-refractivity contribution is -0.131. The topological polar surface area (TPSA) is 113 Å². The number of nitrogens with one attached hydrogen (secondary N) is 1. The van der Waals surface area contributed by atoms with Crippen molar-refractivity contribution < 1.29 is 23.1 Å². The number of nitrogens with zero attached hydrogens (tertiary/aromatic N) is 1. The number of carbonyl (C=O) groups is 2. The molecular formula is C13H16N2O5S. The largest absolute Gasteiger partial charge is 0.478 e. The molecule has 0 aliphatic carbocycles. The number of carbonyl (C=O) groups excluding carboxylic acids is 1. The summed E-state index contributed by atoms with van der Waals surface area (Å²) in [6.07, 6.45) is 3.55. The summed E-state index contributed by atoms with van der Waals surface area (Å²) in [6.45, 7) is 1.51. The van der Waals surface area contributed by atoms with Crippen molar-refractivity contribution in [1.29, 1.82) is 0 Å². The van der Waals surface area contributed by atoms with Crippen molar-refractivity contribution in [3.63, 3.8) is 0 Å². The van der Waals surface area contributed by atoms with Crippen LogP contribution in [0.15, 0.2) is 24.4 Å². The molecule has 2 N–H and O–H groups in total. The molecule has 1 amide bonds. The molecule has 0 spiro atoms. The Balaban J connectivity index is 2.77. The Hall–Kier alpha value is -2.22. The average molecular weight is 312 g/mol. The molecule has 114 valence electrons. The first-order chi connectivity index (χ1) is 9.85. The van der Waals surface area contributed by atoms with Crippen LogP contribution in [0.4, 0.5) is 0 Å². The predicted molar refractivity (Wildman–Crippen MR) is 77.6 cm³/mol. The molecule has 0 aliphatic rings. The highest BCUT2D eigenvalue weighted by Crippen LogP contribution is 2.07. The number of pyridine rings is 1. The lowest BCUT2D eigenvalue weighted by Gasteiger charge is -2.06. The van der Waals surface area contributed by atoms with Gasteiger partial charge < -0.3 is 10.4 Å². The quantitative estimate of drug-likeness (QED) is 0.702. The van der Waals surface area contributed by atoms with Gasteiger partial charge in [0.1, 0.15) is 5.69 Å². The van der Waals surface area contributed by atoms with Crippen LogP contribution in [0.25, 0.3) is 6.08 Å². The van der Waals surface area contributed by atoms with Gasteiger partial charge in [0.05, 0.1) is 5.75 Å². The van der Waals surface area contributed by atoms with Gasteiger partial charge in [0.2, 0.25) is 0 Å². The van der Waals surface area contributed by atoms with Gasteiger partial charge in [-0.3, -0.25) is 9.78 Å². The third-order valence-electron chi connectivity index (χ3n) is 2.60. The zero-order chi connectivity index (χ0) is 15.9. The number of amides is 1. The highest BCUT2D eigenvalue weighted by molar-refractivity contribution is 7.91. The molecule has 1 aromatic rings. The SMILES string of the molecule is CCS(=O)(=O)CCNC(=O)c1ncccc1/C=C/C(=O)O. The molecule has 7 nitrogen and oxygen atoms in total. The van der Waals surface area contributed by atoms with Gasteiger partial charge in [-0.05, 0) is 12.1 Å². The molecule has 0 saturated carbocycles. The van der Waals surface area contributed by atoms with Gasteiger partial charge in [0.25, 0.3) is 5.91 Å². The lowest BCUT2D eigenvalue weighted by atomic mass is 10.1. The summed E-state index contributed by atoms with van der Waals surface area (Å²) in [5.74, 6) is -1.83. The fourth-order valence-electron chi connectivity index (χ4n) is 1.45. The highest BCUT2D eigenvalue weighted by Gasteiger charge is 2.13. The summed E-state index contributed by atoms with van der Waals surface area (Å²) in [7, 11) is -3.16. The predicted octanol–water partition coefficient (Wildman–Crippen LogP) is 0.344. The number of rotatable bonds is 7. The summed E-state index contributed by atoms with van der Waals surface area (Å²) in [4.78, 5) is 26.3. The maximum absolute atomic E-state index is 11.9. The molecule has 1 heterocycles. The first-order valence-electron chi connectivity index (χ1n) is 6.20. The van der Waals surface area contributed by atoms with Crippen LogP contribution >= 0.6 is 0 Å². The van der Waals surface area contributed by atoms with Crippen molar-refractivity contribution in [3.05, 3.63) is 35.7 Å². The van der Waals surface area contributed by atoms with E-state index in [9.17, 15) is 18.0 Å². The Labute approximate surface area is 122 Å². The van der Waals surface area contributed by atoms with E-state index in [4.69, 9.17) is 5.11 Å². The molecule has 0 bridgehead atoms. The molecule has 0 radical (unpaired) electrons. The number of hydrogen-bond acceptors (Lipinski definition) is 5. The fourth-order valence-corrected chi connectivity index (χ4v) is 2.15. The summed E-state index contributed by atoms with van der Waals surface area (Å²) in [6, 6.07) is 3.12. The van der Waals surface area contributed by atoms with Crippen LogP contribution in [-0.2, 0) is 14.6 Å². The smallest absolute Gasteiger partial charge is 0.328 e. The minimum absolute atomic E-state index is 0.0130. The second-order valence-electron chi connectivity index (χ2n) is 4.11. The highest BCUT2D eigenvalue weighted by atomic mass is 32.2. The maximum Gasteiger partial charge on any atom is 0.328 e. The van der Waals surface area contributed by atoms with E-state index in [2.05, 4.69) is 10.3 Å². The Morgan fingerprint density at radius 2 is 2.14 bits per heavy atom. The van der Waals surface area contributed by atoms with Crippen molar-refractivity contribution in [2.45, 2.75) is 6.92 Å². The van der Waals surface area contributed by atoms with Crippen molar-refractivity contribution in [3.8, 4) is 0 Å². The van der Waals surface area contributed by atoms with Crippen LogP contribution in [0.2, 0.25) is 0 Å². The van der Waals surface area contributed by atoms with E-state index in [-0.39, 0.29) is 23.7 Å². The summed E-state index contributed by atoms with van der Waals surface area (Å²) in [5, 5.41) is 11.0. The Kier molecular flexibility index (Phi) is 6.04. The Morgan fingerprint density at radius 1 is 1.43 bits per heavy atom. The van der Waals surface area contributed by atoms with E-state index in [1.54, 1.807) is 12.1 Å². The lowest BCUT2D eigenvalue weighted by Crippen LogP contribution is -2.30. The average Bonchev–Trinajstić information content (AvgIpc) is 2.45. The molecule has 0 atom stereocenters. The summed E-state index contributed by atoms with van der Waals surface area (Å²) < 4.78 is 22.6. The van der Waals surface area contributed by atoms with E-state index in [1.165, 1.54) is 19.2 Å². The second-order valence-corrected chi connectivity index (χ2v) is 6.58. The number of hydrogen-bond donors (Lipinski definition) is 2. The zero-order valence-corrected chi connectivity index (χ0v) is 12.3. The Bertz CT molecular complexity index is 652. The van der Waals surface area contributed by atoms with Gasteiger partial charge in [-0.25, -0.2) is 13.2 Å². The molecular weight excluding hydrogens is 296 g/mol. The fraction of sp³-hybridized carbons (Fsp3) is 0.308. The molecule has 0 aliphatic heterocycles. The van der Waals surface area contributed by atoms with Crippen LogP contribution in [0, 0.1) is 0 Å². The molecule has 8 heteroatoms. The minimum Gasteiger partial charge on any atom is -0.478 e. The maximum atomic E-state index is 11.9. The monoisotopic (exact) mass is 312 g/mol. The number of aromatic nitrogens is 1. The van der Waals surface area contributed by atoms with Crippen LogP contribution in [-0.4, -0.2) is 48.4 Å². The zero-order valence-electron chi connectivity index (χ0n) is 11.4. The van der Waals surface area contributed by atoms with Gasteiger partial charge in [0, 0.05) is 30.1 Å². The van der Waals surface area contributed by atoms with Gasteiger partial charge in [0.15, 0.2) is 9.84 Å². The molecule has 0 aromatic carbocycles. The normalized spacial score (nSPS) is 11.5.